The van der Waals surface area contributed by atoms with E-state index in [1.807, 2.05) is 37.7 Å². The van der Waals surface area contributed by atoms with Gasteiger partial charge in [-0.3, -0.25) is 4.90 Å². The molecule has 0 aliphatic rings. The Morgan fingerprint density at radius 3 is 2.25 bits per heavy atom. The second kappa shape index (κ2) is 6.18. The van der Waals surface area contributed by atoms with Gasteiger partial charge in [0.2, 0.25) is 0 Å². The van der Waals surface area contributed by atoms with Crippen molar-refractivity contribution in [2.24, 2.45) is 0 Å². The van der Waals surface area contributed by atoms with Gasteiger partial charge in [0.05, 0.1) is 0 Å². The SMILES string of the molecule is CCN(CC(C)(O)C(=O)O)C(C)CN(C)C. The van der Waals surface area contributed by atoms with Gasteiger partial charge in [0.1, 0.15) is 0 Å². The number of aliphatic hydroxyl groups is 1. The first kappa shape index (κ1) is 15.3. The summed E-state index contributed by atoms with van der Waals surface area (Å²) in [6.07, 6.45) is 0. The number of carbonyl (C=O) groups is 1. The van der Waals surface area contributed by atoms with Crippen LogP contribution in [0.15, 0.2) is 0 Å². The fraction of sp³-hybridized carbons (Fsp3) is 0.909. The number of rotatable bonds is 7. The van der Waals surface area contributed by atoms with E-state index in [9.17, 15) is 9.90 Å². The van der Waals surface area contributed by atoms with Crippen LogP contribution in [-0.2, 0) is 4.79 Å². The molecule has 0 aliphatic carbocycles. The molecule has 0 spiro atoms. The van der Waals surface area contributed by atoms with Gasteiger partial charge in [0.15, 0.2) is 5.60 Å². The maximum atomic E-state index is 10.8. The molecule has 2 N–H and O–H groups in total. The van der Waals surface area contributed by atoms with Crippen LogP contribution in [0.1, 0.15) is 20.8 Å². The molecule has 0 heterocycles. The van der Waals surface area contributed by atoms with Crippen LogP contribution < -0.4 is 0 Å². The molecule has 16 heavy (non-hydrogen) atoms. The molecule has 2 atom stereocenters. The molecule has 5 nitrogen and oxygen atoms in total. The molecule has 0 aromatic heterocycles. The van der Waals surface area contributed by atoms with Crippen LogP contribution >= 0.6 is 0 Å². The molecule has 0 aliphatic heterocycles. The van der Waals surface area contributed by atoms with Crippen LogP contribution in [0.5, 0.6) is 0 Å². The zero-order valence-electron chi connectivity index (χ0n) is 10.9. The largest absolute Gasteiger partial charge is 0.479 e. The molecular formula is C11H24N2O3. The van der Waals surface area contributed by atoms with Crippen molar-refractivity contribution in [3.63, 3.8) is 0 Å². The Morgan fingerprint density at radius 2 is 1.94 bits per heavy atom. The lowest BCUT2D eigenvalue weighted by atomic mass is 10.1. The number of aliphatic carboxylic acids is 1. The molecule has 2 unspecified atom stereocenters. The third-order valence-electron chi connectivity index (χ3n) is 2.63. The molecule has 0 bridgehead atoms. The normalized spacial score (nSPS) is 17.5. The zero-order valence-corrected chi connectivity index (χ0v) is 10.9. The second-order valence-electron chi connectivity index (χ2n) is 4.75. The molecule has 0 aromatic carbocycles. The van der Waals surface area contributed by atoms with E-state index in [1.54, 1.807) is 0 Å². The van der Waals surface area contributed by atoms with Crippen LogP contribution in [-0.4, -0.2) is 71.4 Å². The average Bonchev–Trinajstić information content (AvgIpc) is 2.12. The minimum atomic E-state index is -1.68. The summed E-state index contributed by atoms with van der Waals surface area (Å²) in [5.41, 5.74) is -1.68. The zero-order chi connectivity index (χ0) is 12.9. The van der Waals surface area contributed by atoms with Gasteiger partial charge in [0.25, 0.3) is 0 Å². The molecule has 0 saturated heterocycles. The Bertz CT molecular complexity index is 229. The summed E-state index contributed by atoms with van der Waals surface area (Å²) in [7, 11) is 3.94. The topological polar surface area (TPSA) is 64.0 Å². The van der Waals surface area contributed by atoms with E-state index in [4.69, 9.17) is 5.11 Å². The first-order valence-electron chi connectivity index (χ1n) is 5.55. The number of hydrogen-bond donors (Lipinski definition) is 2. The third-order valence-corrected chi connectivity index (χ3v) is 2.63. The van der Waals surface area contributed by atoms with Crippen molar-refractivity contribution >= 4 is 5.97 Å². The highest BCUT2D eigenvalue weighted by Crippen LogP contribution is 2.10. The summed E-state index contributed by atoms with van der Waals surface area (Å²) < 4.78 is 0. The van der Waals surface area contributed by atoms with Gasteiger partial charge in [-0.1, -0.05) is 6.92 Å². The first-order chi connectivity index (χ1) is 7.20. The van der Waals surface area contributed by atoms with Crippen LogP contribution in [0, 0.1) is 0 Å². The smallest absolute Gasteiger partial charge is 0.336 e. The van der Waals surface area contributed by atoms with Crippen molar-refractivity contribution in [3.05, 3.63) is 0 Å². The highest BCUT2D eigenvalue weighted by Gasteiger charge is 2.33. The van der Waals surface area contributed by atoms with Crippen molar-refractivity contribution < 1.29 is 15.0 Å². The van der Waals surface area contributed by atoms with Crippen molar-refractivity contribution in [1.82, 2.24) is 9.80 Å². The third kappa shape index (κ3) is 4.92. The quantitative estimate of drug-likeness (QED) is 0.651. The number of nitrogens with zero attached hydrogens (tertiary/aromatic N) is 2. The maximum absolute atomic E-state index is 10.8. The predicted molar refractivity (Wildman–Crippen MR) is 63.5 cm³/mol. The fourth-order valence-corrected chi connectivity index (χ4v) is 1.69. The van der Waals surface area contributed by atoms with Gasteiger partial charge in [0, 0.05) is 19.1 Å². The Kier molecular flexibility index (Phi) is 5.92. The monoisotopic (exact) mass is 232 g/mol. The summed E-state index contributed by atoms with van der Waals surface area (Å²) in [4.78, 5) is 14.8. The number of hydrogen-bond acceptors (Lipinski definition) is 4. The summed E-state index contributed by atoms with van der Waals surface area (Å²) in [6, 6.07) is 0.214. The Labute approximate surface area is 97.7 Å². The molecule has 0 rings (SSSR count). The van der Waals surface area contributed by atoms with Gasteiger partial charge in [-0.25, -0.2) is 4.79 Å². The van der Waals surface area contributed by atoms with Gasteiger partial charge in [-0.15, -0.1) is 0 Å². The molecule has 5 heteroatoms. The average molecular weight is 232 g/mol. The number of carboxylic acids is 1. The first-order valence-corrected chi connectivity index (χ1v) is 5.55. The summed E-state index contributed by atoms with van der Waals surface area (Å²) >= 11 is 0. The highest BCUT2D eigenvalue weighted by molar-refractivity contribution is 5.76. The van der Waals surface area contributed by atoms with Gasteiger partial charge >= 0.3 is 5.97 Å². The van der Waals surface area contributed by atoms with E-state index in [0.717, 1.165) is 13.1 Å². The minimum absolute atomic E-state index is 0.147. The van der Waals surface area contributed by atoms with E-state index in [-0.39, 0.29) is 12.6 Å². The van der Waals surface area contributed by atoms with Crippen molar-refractivity contribution in [2.45, 2.75) is 32.4 Å². The maximum Gasteiger partial charge on any atom is 0.336 e. The van der Waals surface area contributed by atoms with Gasteiger partial charge in [-0.2, -0.15) is 0 Å². The lowest BCUT2D eigenvalue weighted by Crippen LogP contribution is -2.51. The molecule has 0 radical (unpaired) electrons. The van der Waals surface area contributed by atoms with Gasteiger partial charge in [-0.05, 0) is 34.5 Å². The lowest BCUT2D eigenvalue weighted by molar-refractivity contribution is -0.158. The van der Waals surface area contributed by atoms with E-state index >= 15 is 0 Å². The predicted octanol–water partition coefficient (Wildman–Crippen LogP) is 0.0940. The Morgan fingerprint density at radius 1 is 1.44 bits per heavy atom. The summed E-state index contributed by atoms with van der Waals surface area (Å²) in [5, 5.41) is 18.6. The van der Waals surface area contributed by atoms with Gasteiger partial charge < -0.3 is 15.1 Å². The standard InChI is InChI=1S/C11H24N2O3/c1-6-13(9(2)7-12(4)5)8-11(3,16)10(14)15/h9,16H,6-8H2,1-5H3,(H,14,15). The molecular weight excluding hydrogens is 208 g/mol. The van der Waals surface area contributed by atoms with E-state index in [2.05, 4.69) is 0 Å². The van der Waals surface area contributed by atoms with Crippen molar-refractivity contribution in [2.75, 3.05) is 33.7 Å². The van der Waals surface area contributed by atoms with Crippen LogP contribution in [0.4, 0.5) is 0 Å². The Hall–Kier alpha value is -0.650. The molecule has 0 saturated carbocycles. The Balaban J connectivity index is 4.45. The van der Waals surface area contributed by atoms with Crippen LogP contribution in [0.3, 0.4) is 0 Å². The molecule has 96 valence electrons. The fourth-order valence-electron chi connectivity index (χ4n) is 1.69. The van der Waals surface area contributed by atoms with E-state index in [1.165, 1.54) is 6.92 Å². The lowest BCUT2D eigenvalue weighted by Gasteiger charge is -2.33. The molecule has 0 aromatic rings. The minimum Gasteiger partial charge on any atom is -0.479 e. The number of carboxylic acid groups (broad SMARTS) is 1. The van der Waals surface area contributed by atoms with Crippen molar-refractivity contribution in [1.29, 1.82) is 0 Å². The van der Waals surface area contributed by atoms with Crippen LogP contribution in [0.25, 0.3) is 0 Å². The second-order valence-corrected chi connectivity index (χ2v) is 4.75. The molecule has 0 fully saturated rings. The molecule has 0 amide bonds. The summed E-state index contributed by atoms with van der Waals surface area (Å²) in [5.74, 6) is -1.18. The van der Waals surface area contributed by atoms with E-state index < -0.39 is 11.6 Å². The van der Waals surface area contributed by atoms with Crippen LogP contribution in [0.2, 0.25) is 0 Å². The number of likely N-dealkylation sites (N-methyl/N-ethyl adjacent to an activating group) is 2. The summed E-state index contributed by atoms with van der Waals surface area (Å²) in [6.45, 7) is 7.03. The highest BCUT2D eigenvalue weighted by atomic mass is 16.4. The van der Waals surface area contributed by atoms with E-state index in [0.29, 0.717) is 0 Å². The van der Waals surface area contributed by atoms with Crippen molar-refractivity contribution in [3.8, 4) is 0 Å².